The number of carbonyl (C=O) groups excluding carboxylic acids is 2. The van der Waals surface area contributed by atoms with Crippen molar-refractivity contribution in [3.05, 3.63) is 0 Å². The van der Waals surface area contributed by atoms with Gasteiger partial charge in [-0.3, -0.25) is 9.59 Å². The van der Waals surface area contributed by atoms with Crippen LogP contribution in [0.2, 0.25) is 0 Å². The molecule has 0 aromatic heterocycles. The van der Waals surface area contributed by atoms with Crippen LogP contribution in [0.3, 0.4) is 0 Å². The van der Waals surface area contributed by atoms with Crippen LogP contribution in [0.25, 0.3) is 0 Å². The van der Waals surface area contributed by atoms with Gasteiger partial charge in [-0.1, -0.05) is 0 Å². The fraction of sp³-hybridized carbons (Fsp3) is 0.667. The second-order valence-electron chi connectivity index (χ2n) is 2.23. The lowest BCUT2D eigenvalue weighted by Gasteiger charge is -1.99. The first kappa shape index (κ1) is 7.54. The van der Waals surface area contributed by atoms with Gasteiger partial charge in [-0.25, -0.2) is 0 Å². The van der Waals surface area contributed by atoms with E-state index in [0.717, 1.165) is 0 Å². The Morgan fingerprint density at radius 2 is 2.50 bits per heavy atom. The number of Topliss-reactive ketones (excluding diaryl/α,β-unsaturated/α-hetero) is 1. The molecule has 0 aromatic carbocycles. The van der Waals surface area contributed by atoms with Crippen molar-refractivity contribution in [2.75, 3.05) is 12.4 Å². The standard InChI is InChI=1S/C6H8ClNO2/c7-3-5(9)4-1-2-8-6(4)10/h4H,1-3H2,(H,8,10). The number of hydrogen-bond acceptors (Lipinski definition) is 2. The van der Waals surface area contributed by atoms with Crippen molar-refractivity contribution >= 4 is 23.3 Å². The molecule has 1 unspecified atom stereocenters. The van der Waals surface area contributed by atoms with Gasteiger partial charge in [0, 0.05) is 6.54 Å². The van der Waals surface area contributed by atoms with Crippen LogP contribution in [0.5, 0.6) is 0 Å². The van der Waals surface area contributed by atoms with Crippen molar-refractivity contribution in [1.82, 2.24) is 5.32 Å². The molecule has 0 aliphatic carbocycles. The van der Waals surface area contributed by atoms with Crippen LogP contribution >= 0.6 is 11.6 Å². The monoisotopic (exact) mass is 161 g/mol. The lowest BCUT2D eigenvalue weighted by Crippen LogP contribution is -2.25. The summed E-state index contributed by atoms with van der Waals surface area (Å²) in [7, 11) is 0. The Labute approximate surface area is 63.7 Å². The van der Waals surface area contributed by atoms with E-state index in [-0.39, 0.29) is 17.6 Å². The van der Waals surface area contributed by atoms with Crippen LogP contribution in [0.4, 0.5) is 0 Å². The third-order valence-corrected chi connectivity index (χ3v) is 1.83. The summed E-state index contributed by atoms with van der Waals surface area (Å²) in [5.74, 6) is -0.877. The average molecular weight is 162 g/mol. The average Bonchev–Trinajstić information content (AvgIpc) is 2.34. The van der Waals surface area contributed by atoms with Gasteiger partial charge >= 0.3 is 0 Å². The summed E-state index contributed by atoms with van der Waals surface area (Å²) in [5, 5.41) is 2.57. The third kappa shape index (κ3) is 1.29. The first-order chi connectivity index (χ1) is 4.75. The molecule has 10 heavy (non-hydrogen) atoms. The van der Waals surface area contributed by atoms with Gasteiger partial charge in [-0.05, 0) is 6.42 Å². The van der Waals surface area contributed by atoms with E-state index in [0.29, 0.717) is 13.0 Å². The molecule has 4 heteroatoms. The molecular formula is C6H8ClNO2. The predicted molar refractivity (Wildman–Crippen MR) is 36.8 cm³/mol. The summed E-state index contributed by atoms with van der Waals surface area (Å²) in [6.07, 6.45) is 0.602. The van der Waals surface area contributed by atoms with E-state index in [2.05, 4.69) is 5.32 Å². The Hall–Kier alpha value is -0.570. The highest BCUT2D eigenvalue weighted by molar-refractivity contribution is 6.29. The van der Waals surface area contributed by atoms with Gasteiger partial charge in [-0.15, -0.1) is 11.6 Å². The normalized spacial score (nSPS) is 24.5. The summed E-state index contributed by atoms with van der Waals surface area (Å²) >= 11 is 5.27. The summed E-state index contributed by atoms with van der Waals surface area (Å²) in [6.45, 7) is 0.603. The number of rotatable bonds is 2. The maximum atomic E-state index is 10.8. The zero-order valence-corrected chi connectivity index (χ0v) is 6.15. The zero-order chi connectivity index (χ0) is 7.56. The molecule has 0 bridgehead atoms. The van der Waals surface area contributed by atoms with Crippen LogP contribution in [0.15, 0.2) is 0 Å². The number of amides is 1. The van der Waals surface area contributed by atoms with Crippen LogP contribution in [0.1, 0.15) is 6.42 Å². The largest absolute Gasteiger partial charge is 0.355 e. The molecular weight excluding hydrogens is 154 g/mol. The highest BCUT2D eigenvalue weighted by atomic mass is 35.5. The lowest BCUT2D eigenvalue weighted by atomic mass is 10.0. The second-order valence-corrected chi connectivity index (χ2v) is 2.50. The van der Waals surface area contributed by atoms with Crippen molar-refractivity contribution in [1.29, 1.82) is 0 Å². The highest BCUT2D eigenvalue weighted by Crippen LogP contribution is 2.10. The third-order valence-electron chi connectivity index (χ3n) is 1.57. The summed E-state index contributed by atoms with van der Waals surface area (Å²) in [6, 6.07) is 0. The fourth-order valence-corrected chi connectivity index (χ4v) is 1.18. The van der Waals surface area contributed by atoms with Gasteiger partial charge in [-0.2, -0.15) is 0 Å². The predicted octanol–water partition coefficient (Wildman–Crippen LogP) is -0.0696. The minimum atomic E-state index is -0.475. The van der Waals surface area contributed by atoms with Gasteiger partial charge < -0.3 is 5.32 Å². The summed E-state index contributed by atoms with van der Waals surface area (Å²) < 4.78 is 0. The highest BCUT2D eigenvalue weighted by Gasteiger charge is 2.29. The van der Waals surface area contributed by atoms with Crippen molar-refractivity contribution < 1.29 is 9.59 Å². The summed E-state index contributed by atoms with van der Waals surface area (Å²) in [4.78, 5) is 21.6. The minimum absolute atomic E-state index is 0.0575. The topological polar surface area (TPSA) is 46.2 Å². The molecule has 56 valence electrons. The SMILES string of the molecule is O=C(CCl)C1CCNC1=O. The Morgan fingerprint density at radius 1 is 1.80 bits per heavy atom. The number of ketones is 1. The Bertz CT molecular complexity index is 169. The van der Waals surface area contributed by atoms with E-state index >= 15 is 0 Å². The van der Waals surface area contributed by atoms with Gasteiger partial charge in [0.05, 0.1) is 11.8 Å². The van der Waals surface area contributed by atoms with Crippen LogP contribution in [-0.4, -0.2) is 24.1 Å². The first-order valence-electron chi connectivity index (χ1n) is 3.12. The molecule has 1 N–H and O–H groups in total. The van der Waals surface area contributed by atoms with Gasteiger partial charge in [0.25, 0.3) is 0 Å². The number of alkyl halides is 1. The Kier molecular flexibility index (Phi) is 2.27. The first-order valence-corrected chi connectivity index (χ1v) is 3.65. The second kappa shape index (κ2) is 3.01. The molecule has 1 fully saturated rings. The van der Waals surface area contributed by atoms with Crippen molar-refractivity contribution in [2.45, 2.75) is 6.42 Å². The molecule has 1 saturated heterocycles. The van der Waals surface area contributed by atoms with Gasteiger partial charge in [0.1, 0.15) is 0 Å². The van der Waals surface area contributed by atoms with Crippen molar-refractivity contribution in [3.63, 3.8) is 0 Å². The molecule has 1 amide bonds. The van der Waals surface area contributed by atoms with Crippen molar-refractivity contribution in [2.24, 2.45) is 5.92 Å². The Morgan fingerprint density at radius 3 is 2.90 bits per heavy atom. The molecule has 1 aliphatic rings. The molecule has 1 heterocycles. The molecule has 1 atom stereocenters. The van der Waals surface area contributed by atoms with Crippen LogP contribution in [-0.2, 0) is 9.59 Å². The van der Waals surface area contributed by atoms with E-state index in [9.17, 15) is 9.59 Å². The molecule has 3 nitrogen and oxygen atoms in total. The van der Waals surface area contributed by atoms with Crippen LogP contribution < -0.4 is 5.32 Å². The molecule has 1 aliphatic heterocycles. The van der Waals surface area contributed by atoms with E-state index in [1.807, 2.05) is 0 Å². The molecule has 0 saturated carbocycles. The number of carbonyl (C=O) groups is 2. The Balaban J connectivity index is 2.55. The molecule has 0 radical (unpaired) electrons. The van der Waals surface area contributed by atoms with Crippen molar-refractivity contribution in [3.8, 4) is 0 Å². The maximum absolute atomic E-state index is 10.8. The smallest absolute Gasteiger partial charge is 0.230 e. The van der Waals surface area contributed by atoms with Gasteiger partial charge in [0.2, 0.25) is 5.91 Å². The van der Waals surface area contributed by atoms with E-state index in [1.54, 1.807) is 0 Å². The molecule has 1 rings (SSSR count). The maximum Gasteiger partial charge on any atom is 0.230 e. The van der Waals surface area contributed by atoms with Gasteiger partial charge in [0.15, 0.2) is 5.78 Å². The quantitative estimate of drug-likeness (QED) is 0.455. The van der Waals surface area contributed by atoms with E-state index in [1.165, 1.54) is 0 Å². The minimum Gasteiger partial charge on any atom is -0.355 e. The lowest BCUT2D eigenvalue weighted by molar-refractivity contribution is -0.130. The van der Waals surface area contributed by atoms with E-state index < -0.39 is 5.92 Å². The summed E-state index contributed by atoms with van der Waals surface area (Å²) in [5.41, 5.74) is 0. The fourth-order valence-electron chi connectivity index (χ4n) is 0.994. The molecule has 0 aromatic rings. The van der Waals surface area contributed by atoms with Crippen LogP contribution in [0, 0.1) is 5.92 Å². The molecule has 0 spiro atoms. The number of hydrogen-bond donors (Lipinski definition) is 1. The van der Waals surface area contributed by atoms with E-state index in [4.69, 9.17) is 11.6 Å². The number of halogens is 1. The zero-order valence-electron chi connectivity index (χ0n) is 5.39. The number of nitrogens with one attached hydrogen (secondary N) is 1.